The van der Waals surface area contributed by atoms with Crippen LogP contribution >= 0.6 is 0 Å². The Hall–Kier alpha value is -4.84. The summed E-state index contributed by atoms with van der Waals surface area (Å²) in [5.41, 5.74) is 3.54. The molecule has 4 aromatic carbocycles. The zero-order chi connectivity index (χ0) is 28.7. The van der Waals surface area contributed by atoms with Gasteiger partial charge in [0.15, 0.2) is 0 Å². The number of hydrogen-bond donors (Lipinski definition) is 1. The average molecular weight is 548 g/mol. The van der Waals surface area contributed by atoms with Gasteiger partial charge in [-0.2, -0.15) is 0 Å². The Labute approximate surface area is 240 Å². The number of ether oxygens (including phenoxy) is 2. The summed E-state index contributed by atoms with van der Waals surface area (Å²) in [7, 11) is 0. The van der Waals surface area contributed by atoms with Crippen molar-refractivity contribution in [2.24, 2.45) is 0 Å². The molecule has 0 saturated carbocycles. The highest BCUT2D eigenvalue weighted by Gasteiger charge is 2.39. The molecule has 0 saturated heterocycles. The van der Waals surface area contributed by atoms with Crippen molar-refractivity contribution < 1.29 is 23.8 Å². The van der Waals surface area contributed by atoms with Gasteiger partial charge in [0.25, 0.3) is 0 Å². The van der Waals surface area contributed by atoms with E-state index in [9.17, 15) is 9.90 Å². The molecule has 5 aromatic rings. The average Bonchev–Trinajstić information content (AvgIpc) is 3.38. The first-order valence-corrected chi connectivity index (χ1v) is 13.8. The molecule has 0 aliphatic rings. The second-order valence-electron chi connectivity index (χ2n) is 9.96. The van der Waals surface area contributed by atoms with E-state index in [-0.39, 0.29) is 6.42 Å². The predicted octanol–water partition coefficient (Wildman–Crippen LogP) is 7.79. The number of oxazole rings is 1. The summed E-state index contributed by atoms with van der Waals surface area (Å²) in [6.45, 7) is 4.18. The number of aryl methyl sites for hydroxylation is 1. The van der Waals surface area contributed by atoms with Gasteiger partial charge in [-0.25, -0.2) is 9.78 Å². The maximum atomic E-state index is 12.2. The van der Waals surface area contributed by atoms with Gasteiger partial charge in [-0.15, -0.1) is 0 Å². The number of para-hydroxylation sites is 1. The number of nitrogens with zero attached hydrogens (tertiary/aromatic N) is 1. The quantitative estimate of drug-likeness (QED) is 0.172. The molecule has 6 heteroatoms. The highest BCUT2D eigenvalue weighted by atomic mass is 16.5. The van der Waals surface area contributed by atoms with Gasteiger partial charge >= 0.3 is 5.97 Å². The van der Waals surface area contributed by atoms with Crippen molar-refractivity contribution >= 4 is 5.97 Å². The van der Waals surface area contributed by atoms with Crippen molar-refractivity contribution in [2.45, 2.75) is 38.7 Å². The van der Waals surface area contributed by atoms with Crippen LogP contribution in [0.2, 0.25) is 0 Å². The fourth-order valence-corrected chi connectivity index (χ4v) is 4.76. The molecule has 0 amide bonds. The third kappa shape index (κ3) is 6.67. The first kappa shape index (κ1) is 27.7. The monoisotopic (exact) mass is 547 g/mol. The topological polar surface area (TPSA) is 81.8 Å². The van der Waals surface area contributed by atoms with E-state index in [1.165, 1.54) is 0 Å². The minimum atomic E-state index is -1.35. The molecule has 1 unspecified atom stereocenters. The van der Waals surface area contributed by atoms with Gasteiger partial charge in [0, 0.05) is 18.4 Å². The van der Waals surface area contributed by atoms with Gasteiger partial charge < -0.3 is 19.0 Å². The number of aliphatic carboxylic acids is 1. The van der Waals surface area contributed by atoms with Crippen LogP contribution in [0.1, 0.15) is 30.4 Å². The largest absolute Gasteiger partial charge is 0.493 e. The fraction of sp³-hybridized carbons (Fsp3) is 0.200. The summed E-state index contributed by atoms with van der Waals surface area (Å²) in [6, 6.07) is 35.0. The number of hydrogen-bond acceptors (Lipinski definition) is 5. The van der Waals surface area contributed by atoms with Crippen LogP contribution in [0.4, 0.5) is 0 Å². The Morgan fingerprint density at radius 1 is 0.829 bits per heavy atom. The molecular weight excluding hydrogens is 514 g/mol. The van der Waals surface area contributed by atoms with Crippen molar-refractivity contribution in [3.63, 3.8) is 0 Å². The van der Waals surface area contributed by atoms with Gasteiger partial charge in [0.1, 0.15) is 17.3 Å². The maximum absolute atomic E-state index is 12.2. The summed E-state index contributed by atoms with van der Waals surface area (Å²) in [6.07, 6.45) is 1.16. The molecule has 0 aliphatic carbocycles. The minimum absolute atomic E-state index is 0.236. The van der Waals surface area contributed by atoms with E-state index in [1.54, 1.807) is 12.1 Å². The number of carboxylic acids is 1. The Balaban J connectivity index is 1.20. The zero-order valence-electron chi connectivity index (χ0n) is 23.2. The van der Waals surface area contributed by atoms with Crippen molar-refractivity contribution in [3.8, 4) is 34.1 Å². The van der Waals surface area contributed by atoms with E-state index in [0.29, 0.717) is 36.8 Å². The fourth-order valence-electron chi connectivity index (χ4n) is 4.76. The SMILES string of the molecule is CCC(Cc1ccc(OCCc2nc(-c3cccc(-c4ccccc4)c3)oc2C)cc1)(Oc1ccccc1)C(=O)O. The molecule has 1 heterocycles. The molecule has 1 aromatic heterocycles. The number of benzene rings is 4. The lowest BCUT2D eigenvalue weighted by atomic mass is 9.91. The number of aromatic nitrogens is 1. The molecule has 208 valence electrons. The second-order valence-corrected chi connectivity index (χ2v) is 9.96. The van der Waals surface area contributed by atoms with Crippen LogP contribution < -0.4 is 9.47 Å². The molecule has 0 fully saturated rings. The molecule has 0 radical (unpaired) electrons. The number of carbonyl (C=O) groups is 1. The normalized spacial score (nSPS) is 12.4. The van der Waals surface area contributed by atoms with Crippen LogP contribution in [0.25, 0.3) is 22.6 Å². The Morgan fingerprint density at radius 2 is 1.49 bits per heavy atom. The van der Waals surface area contributed by atoms with Gasteiger partial charge in [-0.3, -0.25) is 0 Å². The highest BCUT2D eigenvalue weighted by molar-refractivity contribution is 5.78. The first-order valence-electron chi connectivity index (χ1n) is 13.8. The smallest absolute Gasteiger partial charge is 0.348 e. The van der Waals surface area contributed by atoms with Crippen LogP contribution in [0.3, 0.4) is 0 Å². The van der Waals surface area contributed by atoms with Crippen LogP contribution in [-0.2, 0) is 17.6 Å². The highest BCUT2D eigenvalue weighted by Crippen LogP contribution is 2.29. The minimum Gasteiger partial charge on any atom is -0.493 e. The summed E-state index contributed by atoms with van der Waals surface area (Å²) >= 11 is 0. The zero-order valence-corrected chi connectivity index (χ0v) is 23.2. The van der Waals surface area contributed by atoms with Crippen molar-refractivity contribution in [1.29, 1.82) is 0 Å². The van der Waals surface area contributed by atoms with E-state index in [4.69, 9.17) is 18.9 Å². The van der Waals surface area contributed by atoms with Crippen LogP contribution in [0.15, 0.2) is 114 Å². The lowest BCUT2D eigenvalue weighted by molar-refractivity contribution is -0.155. The standard InChI is InChI=1S/C35H33NO5/c1-3-35(34(37)38,41-31-15-8-5-9-16-31)24-26-17-19-30(20-18-26)39-22-21-32-25(2)40-33(36-32)29-14-10-13-28(23-29)27-11-6-4-7-12-27/h4-20,23H,3,21-22,24H2,1-2H3,(H,37,38). The summed E-state index contributed by atoms with van der Waals surface area (Å²) in [5, 5.41) is 10.0. The first-order chi connectivity index (χ1) is 20.0. The molecule has 41 heavy (non-hydrogen) atoms. The summed E-state index contributed by atoms with van der Waals surface area (Å²) < 4.78 is 18.0. The number of rotatable bonds is 12. The van der Waals surface area contributed by atoms with E-state index in [0.717, 1.165) is 33.7 Å². The molecular formula is C35H33NO5. The predicted molar refractivity (Wildman–Crippen MR) is 159 cm³/mol. The second kappa shape index (κ2) is 12.6. The van der Waals surface area contributed by atoms with Crippen LogP contribution in [0.5, 0.6) is 11.5 Å². The van der Waals surface area contributed by atoms with Crippen molar-refractivity contribution in [2.75, 3.05) is 6.61 Å². The van der Waals surface area contributed by atoms with Gasteiger partial charge in [0.2, 0.25) is 11.5 Å². The van der Waals surface area contributed by atoms with E-state index >= 15 is 0 Å². The Morgan fingerprint density at radius 3 is 2.17 bits per heavy atom. The van der Waals surface area contributed by atoms with Crippen LogP contribution in [0, 0.1) is 6.92 Å². The Kier molecular flexibility index (Phi) is 8.49. The third-order valence-electron chi connectivity index (χ3n) is 7.15. The van der Waals surface area contributed by atoms with Gasteiger partial charge in [0.05, 0.1) is 12.3 Å². The molecule has 6 nitrogen and oxygen atoms in total. The lowest BCUT2D eigenvalue weighted by Crippen LogP contribution is -2.46. The van der Waals surface area contributed by atoms with Gasteiger partial charge in [-0.1, -0.05) is 79.7 Å². The maximum Gasteiger partial charge on any atom is 0.348 e. The number of carboxylic acid groups (broad SMARTS) is 1. The molecule has 1 N–H and O–H groups in total. The van der Waals surface area contributed by atoms with E-state index < -0.39 is 11.6 Å². The third-order valence-corrected chi connectivity index (χ3v) is 7.15. The Bertz CT molecular complexity index is 1580. The van der Waals surface area contributed by atoms with Crippen molar-refractivity contribution in [1.82, 2.24) is 4.98 Å². The molecule has 1 atom stereocenters. The summed E-state index contributed by atoms with van der Waals surface area (Å²) in [4.78, 5) is 17.0. The molecule has 0 bridgehead atoms. The van der Waals surface area contributed by atoms with E-state index in [2.05, 4.69) is 24.3 Å². The van der Waals surface area contributed by atoms with Crippen molar-refractivity contribution in [3.05, 3.63) is 126 Å². The molecule has 0 aliphatic heterocycles. The van der Waals surface area contributed by atoms with Crippen LogP contribution in [-0.4, -0.2) is 28.3 Å². The lowest BCUT2D eigenvalue weighted by Gasteiger charge is -2.29. The molecule has 0 spiro atoms. The molecule has 5 rings (SSSR count). The van der Waals surface area contributed by atoms with E-state index in [1.807, 2.05) is 86.6 Å². The summed E-state index contributed by atoms with van der Waals surface area (Å²) in [5.74, 6) is 1.61. The van der Waals surface area contributed by atoms with Gasteiger partial charge in [-0.05, 0) is 66.4 Å².